The summed E-state index contributed by atoms with van der Waals surface area (Å²) in [6.45, 7) is 2.32. The van der Waals surface area contributed by atoms with Crippen LogP contribution >= 0.6 is 22.7 Å². The molecule has 0 aliphatic carbocycles. The molecule has 0 bridgehead atoms. The monoisotopic (exact) mass is 373 g/mol. The van der Waals surface area contributed by atoms with Gasteiger partial charge < -0.3 is 9.64 Å². The highest BCUT2D eigenvalue weighted by molar-refractivity contribution is 7.15. The number of rotatable bonds is 2. The highest BCUT2D eigenvalue weighted by Crippen LogP contribution is 2.43. The second-order valence-corrected chi connectivity index (χ2v) is 8.61. The van der Waals surface area contributed by atoms with Crippen LogP contribution in [0.3, 0.4) is 0 Å². The Morgan fingerprint density at radius 3 is 3.00 bits per heavy atom. The fourth-order valence-corrected chi connectivity index (χ4v) is 5.69. The van der Waals surface area contributed by atoms with E-state index in [0.29, 0.717) is 6.42 Å². The van der Waals surface area contributed by atoms with Crippen LogP contribution < -0.4 is 0 Å². The van der Waals surface area contributed by atoms with Crippen molar-refractivity contribution in [3.8, 4) is 0 Å². The van der Waals surface area contributed by atoms with Crippen molar-refractivity contribution in [2.45, 2.75) is 31.3 Å². The smallest absolute Gasteiger partial charge is 0.228 e. The summed E-state index contributed by atoms with van der Waals surface area (Å²) in [7, 11) is 0. The van der Waals surface area contributed by atoms with Gasteiger partial charge in [-0.3, -0.25) is 9.20 Å². The third-order valence-corrected chi connectivity index (χ3v) is 7.09. The van der Waals surface area contributed by atoms with Gasteiger partial charge in [-0.2, -0.15) is 0 Å². The van der Waals surface area contributed by atoms with Gasteiger partial charge in [-0.25, -0.2) is 4.98 Å². The number of hydrogen-bond donors (Lipinski definition) is 0. The molecule has 1 saturated heterocycles. The van der Waals surface area contributed by atoms with Gasteiger partial charge in [0.05, 0.1) is 24.3 Å². The minimum absolute atomic E-state index is 0.165. The van der Waals surface area contributed by atoms with Crippen LogP contribution in [0.1, 0.15) is 29.0 Å². The van der Waals surface area contributed by atoms with Gasteiger partial charge in [-0.15, -0.1) is 22.7 Å². The van der Waals surface area contributed by atoms with Crippen molar-refractivity contribution in [1.29, 1.82) is 0 Å². The molecule has 0 saturated carbocycles. The maximum Gasteiger partial charge on any atom is 0.228 e. The summed E-state index contributed by atoms with van der Waals surface area (Å²) < 4.78 is 8.20. The van der Waals surface area contributed by atoms with Crippen molar-refractivity contribution in [2.24, 2.45) is 0 Å². The molecule has 25 heavy (non-hydrogen) atoms. The topological polar surface area (TPSA) is 46.8 Å². The Kier molecular flexibility index (Phi) is 3.69. The van der Waals surface area contributed by atoms with Gasteiger partial charge in [-0.05, 0) is 29.9 Å². The molecule has 0 atom stereocenters. The molecule has 0 radical (unpaired) electrons. The standard InChI is InChI=1S/C18H19N3O2S2/c22-16(11-13-12-21-7-10-25-17(21)19-13)20-5-3-18(4-6-20)14-2-9-24-15(14)1-8-23-18/h2,7,9-10,12H,1,3-6,8,11H2. The molecule has 1 amide bonds. The molecule has 130 valence electrons. The van der Waals surface area contributed by atoms with E-state index < -0.39 is 0 Å². The minimum atomic E-state index is -0.165. The third kappa shape index (κ3) is 2.61. The second-order valence-electron chi connectivity index (χ2n) is 6.73. The molecular formula is C18H19N3O2S2. The van der Waals surface area contributed by atoms with Gasteiger partial charge in [0.15, 0.2) is 4.96 Å². The Hall–Kier alpha value is -1.70. The van der Waals surface area contributed by atoms with Crippen LogP contribution in [0.2, 0.25) is 0 Å². The number of likely N-dealkylation sites (tertiary alicyclic amines) is 1. The van der Waals surface area contributed by atoms with E-state index >= 15 is 0 Å². The number of thiazole rings is 1. The van der Waals surface area contributed by atoms with Crippen molar-refractivity contribution < 1.29 is 9.53 Å². The first-order chi connectivity index (χ1) is 12.2. The lowest BCUT2D eigenvalue weighted by atomic mass is 9.82. The van der Waals surface area contributed by atoms with Crippen molar-refractivity contribution in [2.75, 3.05) is 19.7 Å². The highest BCUT2D eigenvalue weighted by atomic mass is 32.1. The Morgan fingerprint density at radius 1 is 1.28 bits per heavy atom. The summed E-state index contributed by atoms with van der Waals surface area (Å²) in [6.07, 6.45) is 7.11. The normalized spacial score (nSPS) is 19.4. The molecule has 3 aromatic rings. The fraction of sp³-hybridized carbons (Fsp3) is 0.444. The lowest BCUT2D eigenvalue weighted by molar-refractivity contribution is -0.140. The Balaban J connectivity index is 1.27. The van der Waals surface area contributed by atoms with E-state index in [2.05, 4.69) is 16.4 Å². The van der Waals surface area contributed by atoms with E-state index in [4.69, 9.17) is 4.74 Å². The first-order valence-electron chi connectivity index (χ1n) is 8.63. The number of nitrogens with zero attached hydrogens (tertiary/aromatic N) is 3. The van der Waals surface area contributed by atoms with Gasteiger partial charge in [-0.1, -0.05) is 0 Å². The van der Waals surface area contributed by atoms with Crippen LogP contribution in [0.25, 0.3) is 4.96 Å². The summed E-state index contributed by atoms with van der Waals surface area (Å²) in [6, 6.07) is 2.22. The lowest BCUT2D eigenvalue weighted by Gasteiger charge is -2.44. The van der Waals surface area contributed by atoms with Crippen molar-refractivity contribution in [1.82, 2.24) is 14.3 Å². The van der Waals surface area contributed by atoms with Crippen LogP contribution in [0.5, 0.6) is 0 Å². The molecule has 1 spiro atoms. The maximum atomic E-state index is 12.7. The predicted molar refractivity (Wildman–Crippen MR) is 98.2 cm³/mol. The summed E-state index contributed by atoms with van der Waals surface area (Å²) in [5.41, 5.74) is 2.05. The quantitative estimate of drug-likeness (QED) is 0.693. The molecule has 0 unspecified atom stereocenters. The first-order valence-corrected chi connectivity index (χ1v) is 10.4. The molecular weight excluding hydrogens is 354 g/mol. The number of carbonyl (C=O) groups is 1. The van der Waals surface area contributed by atoms with Crippen LogP contribution in [0, 0.1) is 0 Å². The second kappa shape index (κ2) is 5.93. The molecule has 5 rings (SSSR count). The molecule has 2 aliphatic heterocycles. The fourth-order valence-electron chi connectivity index (χ4n) is 4.02. The van der Waals surface area contributed by atoms with Gasteiger partial charge in [0.25, 0.3) is 0 Å². The van der Waals surface area contributed by atoms with Crippen molar-refractivity contribution >= 4 is 33.5 Å². The molecule has 7 heteroatoms. The van der Waals surface area contributed by atoms with E-state index in [1.807, 2.05) is 38.4 Å². The Morgan fingerprint density at radius 2 is 2.16 bits per heavy atom. The first kappa shape index (κ1) is 15.5. The average Bonchev–Trinajstić information content (AvgIpc) is 3.31. The molecule has 1 fully saturated rings. The van der Waals surface area contributed by atoms with Gasteiger partial charge in [0.1, 0.15) is 0 Å². The summed E-state index contributed by atoms with van der Waals surface area (Å²) in [5, 5.41) is 4.17. The number of piperidine rings is 1. The van der Waals surface area contributed by atoms with E-state index in [1.54, 1.807) is 11.3 Å². The summed E-state index contributed by atoms with van der Waals surface area (Å²) >= 11 is 3.43. The van der Waals surface area contributed by atoms with Gasteiger partial charge >= 0.3 is 0 Å². The SMILES string of the molecule is O=C(Cc1cn2ccsc2n1)N1CCC2(CC1)OCCc1sccc12. The third-order valence-electron chi connectivity index (χ3n) is 5.34. The van der Waals surface area contributed by atoms with E-state index in [9.17, 15) is 4.79 Å². The number of carbonyl (C=O) groups excluding carboxylic acids is 1. The maximum absolute atomic E-state index is 12.7. The van der Waals surface area contributed by atoms with E-state index in [0.717, 1.165) is 49.6 Å². The molecule has 0 N–H and O–H groups in total. The van der Waals surface area contributed by atoms with Crippen molar-refractivity contribution in [3.05, 3.63) is 45.4 Å². The summed E-state index contributed by atoms with van der Waals surface area (Å²) in [4.78, 5) is 21.6. The average molecular weight is 374 g/mol. The molecule has 3 aromatic heterocycles. The number of thiophene rings is 1. The zero-order valence-corrected chi connectivity index (χ0v) is 15.4. The zero-order chi connectivity index (χ0) is 16.9. The predicted octanol–water partition coefficient (Wildman–Crippen LogP) is 3.09. The van der Waals surface area contributed by atoms with Crippen LogP contribution in [0.4, 0.5) is 0 Å². The van der Waals surface area contributed by atoms with Gasteiger partial charge in [0, 0.05) is 42.2 Å². The number of aromatic nitrogens is 2. The number of imidazole rings is 1. The minimum Gasteiger partial charge on any atom is -0.370 e. The Labute approximate surface area is 153 Å². The van der Waals surface area contributed by atoms with Crippen LogP contribution in [0.15, 0.2) is 29.2 Å². The molecule has 2 aliphatic rings. The molecule has 0 aromatic carbocycles. The largest absolute Gasteiger partial charge is 0.370 e. The number of fused-ring (bicyclic) bond motifs is 3. The van der Waals surface area contributed by atoms with E-state index in [-0.39, 0.29) is 11.5 Å². The number of amides is 1. The number of ether oxygens (including phenoxy) is 1. The van der Waals surface area contributed by atoms with Crippen LogP contribution in [-0.4, -0.2) is 39.9 Å². The molecule has 5 nitrogen and oxygen atoms in total. The lowest BCUT2D eigenvalue weighted by Crippen LogP contribution is -2.48. The highest BCUT2D eigenvalue weighted by Gasteiger charge is 2.42. The number of hydrogen-bond acceptors (Lipinski definition) is 5. The summed E-state index contributed by atoms with van der Waals surface area (Å²) in [5.74, 6) is 0.168. The van der Waals surface area contributed by atoms with Crippen LogP contribution in [-0.2, 0) is 28.0 Å². The molecule has 5 heterocycles. The van der Waals surface area contributed by atoms with E-state index in [1.165, 1.54) is 10.4 Å². The van der Waals surface area contributed by atoms with Gasteiger partial charge in [0.2, 0.25) is 5.91 Å². The zero-order valence-electron chi connectivity index (χ0n) is 13.8. The Bertz CT molecular complexity index is 889. The van der Waals surface area contributed by atoms with Crippen molar-refractivity contribution in [3.63, 3.8) is 0 Å².